The van der Waals surface area contributed by atoms with Crippen molar-refractivity contribution in [2.24, 2.45) is 0 Å². The highest BCUT2D eigenvalue weighted by atomic mass is 14.7. The van der Waals surface area contributed by atoms with E-state index in [4.69, 9.17) is 10.5 Å². The molecule has 3 heteroatoms. The Kier molecular flexibility index (Phi) is 1.87. The monoisotopic (exact) mass is 217 g/mol. The third-order valence-corrected chi connectivity index (χ3v) is 2.92. The van der Waals surface area contributed by atoms with Crippen molar-refractivity contribution < 1.29 is 0 Å². The van der Waals surface area contributed by atoms with Crippen molar-refractivity contribution in [2.75, 3.05) is 0 Å². The van der Waals surface area contributed by atoms with Crippen LogP contribution in [0.25, 0.3) is 21.7 Å². The second-order valence-electron chi connectivity index (χ2n) is 3.81. The number of H-pyrrole nitrogens is 1. The molecule has 0 unspecified atom stereocenters. The Hall–Kier alpha value is -2.78. The van der Waals surface area contributed by atoms with E-state index in [9.17, 15) is 0 Å². The molecule has 1 heterocycles. The zero-order chi connectivity index (χ0) is 11.8. The van der Waals surface area contributed by atoms with Crippen LogP contribution in [0.3, 0.4) is 0 Å². The largest absolute Gasteiger partial charge is 0.345 e. The van der Waals surface area contributed by atoms with Crippen LogP contribution in [-0.4, -0.2) is 4.98 Å². The summed E-state index contributed by atoms with van der Waals surface area (Å²) in [5.41, 5.74) is 1.61. The van der Waals surface area contributed by atoms with E-state index in [1.165, 1.54) is 0 Å². The predicted octanol–water partition coefficient (Wildman–Crippen LogP) is 3.06. The average Bonchev–Trinajstić information content (AvgIpc) is 2.76. The molecule has 0 amide bonds. The Balaban J connectivity index is 2.58. The molecule has 3 rings (SSSR count). The van der Waals surface area contributed by atoms with E-state index in [0.29, 0.717) is 11.3 Å². The number of nitrogens with one attached hydrogen (secondary N) is 1. The molecule has 78 valence electrons. The summed E-state index contributed by atoms with van der Waals surface area (Å²) in [5.74, 6) is 0. The molecule has 1 N–H and O–H groups in total. The summed E-state index contributed by atoms with van der Waals surface area (Å²) in [6, 6.07) is 15.9. The van der Waals surface area contributed by atoms with Crippen molar-refractivity contribution in [1.82, 2.24) is 4.98 Å². The minimum absolute atomic E-state index is 0.332. The van der Waals surface area contributed by atoms with Crippen LogP contribution in [0.5, 0.6) is 0 Å². The van der Waals surface area contributed by atoms with Crippen LogP contribution in [0.15, 0.2) is 36.4 Å². The van der Waals surface area contributed by atoms with Gasteiger partial charge in [0.05, 0.1) is 11.1 Å². The molecule has 0 radical (unpaired) electrons. The molecule has 0 saturated heterocycles. The number of aromatic nitrogens is 1. The summed E-state index contributed by atoms with van der Waals surface area (Å²) >= 11 is 0. The van der Waals surface area contributed by atoms with Gasteiger partial charge < -0.3 is 4.98 Å². The standard InChI is InChI=1S/C14H7N3/c15-7-12-11-6-5-9-3-1-2-4-10(9)14(11)17-13(12)8-16/h1-6,17H. The maximum absolute atomic E-state index is 9.09. The Morgan fingerprint density at radius 3 is 2.47 bits per heavy atom. The number of benzene rings is 2. The molecule has 0 aliphatic carbocycles. The smallest absolute Gasteiger partial charge is 0.136 e. The number of aromatic amines is 1. The first-order chi connectivity index (χ1) is 8.35. The lowest BCUT2D eigenvalue weighted by atomic mass is 10.1. The first kappa shape index (κ1) is 9.45. The summed E-state index contributed by atoms with van der Waals surface area (Å²) in [6.07, 6.45) is 0. The number of nitrogens with zero attached hydrogens (tertiary/aromatic N) is 2. The lowest BCUT2D eigenvalue weighted by Crippen LogP contribution is -1.76. The van der Waals surface area contributed by atoms with Gasteiger partial charge in [-0.15, -0.1) is 0 Å². The molecule has 0 saturated carbocycles. The van der Waals surface area contributed by atoms with Crippen LogP contribution in [0.4, 0.5) is 0 Å². The maximum Gasteiger partial charge on any atom is 0.136 e. The molecular formula is C14H7N3. The topological polar surface area (TPSA) is 63.4 Å². The maximum atomic E-state index is 9.09. The Morgan fingerprint density at radius 2 is 1.71 bits per heavy atom. The van der Waals surface area contributed by atoms with E-state index in [1.54, 1.807) is 0 Å². The molecule has 1 aromatic heterocycles. The first-order valence-corrected chi connectivity index (χ1v) is 5.19. The number of rotatable bonds is 0. The molecule has 3 aromatic rings. The fraction of sp³-hybridized carbons (Fsp3) is 0. The van der Waals surface area contributed by atoms with Crippen LogP contribution in [0.2, 0.25) is 0 Å². The zero-order valence-corrected chi connectivity index (χ0v) is 8.86. The van der Waals surface area contributed by atoms with Gasteiger partial charge in [0.25, 0.3) is 0 Å². The minimum Gasteiger partial charge on any atom is -0.345 e. The molecule has 3 nitrogen and oxygen atoms in total. The summed E-state index contributed by atoms with van der Waals surface area (Å²) in [4.78, 5) is 3.02. The van der Waals surface area contributed by atoms with Gasteiger partial charge in [-0.2, -0.15) is 10.5 Å². The highest BCUT2D eigenvalue weighted by Gasteiger charge is 2.12. The zero-order valence-electron chi connectivity index (χ0n) is 8.86. The summed E-state index contributed by atoms with van der Waals surface area (Å²) in [6.45, 7) is 0. The SMILES string of the molecule is N#Cc1[nH]c2c(ccc3ccccc32)c1C#N. The minimum atomic E-state index is 0.332. The van der Waals surface area contributed by atoms with Crippen LogP contribution >= 0.6 is 0 Å². The van der Waals surface area contributed by atoms with Crippen LogP contribution < -0.4 is 0 Å². The normalized spacial score (nSPS) is 10.2. The lowest BCUT2D eigenvalue weighted by molar-refractivity contribution is 1.35. The fourth-order valence-corrected chi connectivity index (χ4v) is 2.14. The van der Waals surface area contributed by atoms with Crippen molar-refractivity contribution in [3.05, 3.63) is 47.7 Å². The third kappa shape index (κ3) is 1.20. The number of fused-ring (bicyclic) bond motifs is 3. The lowest BCUT2D eigenvalue weighted by Gasteiger charge is -1.98. The van der Waals surface area contributed by atoms with Gasteiger partial charge in [-0.05, 0) is 5.39 Å². The molecule has 0 aliphatic heterocycles. The van der Waals surface area contributed by atoms with Gasteiger partial charge in [-0.3, -0.25) is 0 Å². The average molecular weight is 217 g/mol. The number of hydrogen-bond donors (Lipinski definition) is 1. The van der Waals surface area contributed by atoms with Gasteiger partial charge in [0, 0.05) is 10.8 Å². The molecule has 2 aromatic carbocycles. The Bertz CT molecular complexity index is 813. The third-order valence-electron chi connectivity index (χ3n) is 2.92. The van der Waals surface area contributed by atoms with Crippen molar-refractivity contribution in [3.63, 3.8) is 0 Å². The van der Waals surface area contributed by atoms with Crippen LogP contribution in [0.1, 0.15) is 11.3 Å². The second kappa shape index (κ2) is 3.37. The Labute approximate surface area is 97.5 Å². The van der Waals surface area contributed by atoms with Gasteiger partial charge in [0.1, 0.15) is 17.8 Å². The molecule has 17 heavy (non-hydrogen) atoms. The molecule has 0 fully saturated rings. The van der Waals surface area contributed by atoms with Crippen LogP contribution in [-0.2, 0) is 0 Å². The quantitative estimate of drug-likeness (QED) is 0.629. The first-order valence-electron chi connectivity index (χ1n) is 5.19. The molecule has 0 bridgehead atoms. The highest BCUT2D eigenvalue weighted by molar-refractivity contribution is 6.08. The molecular weight excluding hydrogens is 210 g/mol. The summed E-state index contributed by atoms with van der Waals surface area (Å²) < 4.78 is 0. The second-order valence-corrected chi connectivity index (χ2v) is 3.81. The molecule has 0 atom stereocenters. The van der Waals surface area contributed by atoms with E-state index in [-0.39, 0.29) is 0 Å². The van der Waals surface area contributed by atoms with Gasteiger partial charge in [-0.1, -0.05) is 36.4 Å². The number of nitriles is 2. The van der Waals surface area contributed by atoms with Gasteiger partial charge >= 0.3 is 0 Å². The van der Waals surface area contributed by atoms with Gasteiger partial charge in [0.2, 0.25) is 0 Å². The van der Waals surface area contributed by atoms with Crippen molar-refractivity contribution in [3.8, 4) is 12.1 Å². The van der Waals surface area contributed by atoms with Crippen molar-refractivity contribution >= 4 is 21.7 Å². The predicted molar refractivity (Wildman–Crippen MR) is 65.2 cm³/mol. The number of hydrogen-bond acceptors (Lipinski definition) is 2. The fourth-order valence-electron chi connectivity index (χ4n) is 2.14. The van der Waals surface area contributed by atoms with E-state index in [0.717, 1.165) is 21.7 Å². The molecule has 0 spiro atoms. The van der Waals surface area contributed by atoms with Crippen molar-refractivity contribution in [1.29, 1.82) is 10.5 Å². The van der Waals surface area contributed by atoms with Gasteiger partial charge in [0.15, 0.2) is 0 Å². The summed E-state index contributed by atoms with van der Waals surface area (Å²) in [5, 5.41) is 21.0. The summed E-state index contributed by atoms with van der Waals surface area (Å²) in [7, 11) is 0. The van der Waals surface area contributed by atoms with E-state index < -0.39 is 0 Å². The van der Waals surface area contributed by atoms with E-state index in [2.05, 4.69) is 11.1 Å². The van der Waals surface area contributed by atoms with Crippen molar-refractivity contribution in [2.45, 2.75) is 0 Å². The van der Waals surface area contributed by atoms with E-state index in [1.807, 2.05) is 42.5 Å². The Morgan fingerprint density at radius 1 is 0.882 bits per heavy atom. The molecule has 0 aliphatic rings. The van der Waals surface area contributed by atoms with Gasteiger partial charge in [-0.25, -0.2) is 0 Å². The van der Waals surface area contributed by atoms with Crippen LogP contribution in [0, 0.1) is 22.7 Å². The van der Waals surface area contributed by atoms with E-state index >= 15 is 0 Å². The highest BCUT2D eigenvalue weighted by Crippen LogP contribution is 2.28.